The Bertz CT molecular complexity index is 1330. The van der Waals surface area contributed by atoms with Gasteiger partial charge in [-0.2, -0.15) is 10.5 Å². The minimum atomic E-state index is -0.539. The number of nitrogens with zero attached hydrogens (tertiary/aromatic N) is 3. The van der Waals surface area contributed by atoms with Crippen LogP contribution in [0.2, 0.25) is 0 Å². The van der Waals surface area contributed by atoms with Crippen LogP contribution in [0.25, 0.3) is 11.1 Å². The van der Waals surface area contributed by atoms with Gasteiger partial charge in [-0.3, -0.25) is 4.79 Å². The number of ether oxygens (including phenoxy) is 2. The summed E-state index contributed by atoms with van der Waals surface area (Å²) in [5.74, 6) is 0.573. The van der Waals surface area contributed by atoms with Gasteiger partial charge in [0.1, 0.15) is 28.5 Å². The number of hydrogen-bond donors (Lipinski definition) is 2. The number of pyridine rings is 1. The lowest BCUT2D eigenvalue weighted by Gasteiger charge is -2.21. The van der Waals surface area contributed by atoms with E-state index in [9.17, 15) is 15.3 Å². The first-order valence-corrected chi connectivity index (χ1v) is 12.1. The summed E-state index contributed by atoms with van der Waals surface area (Å²) in [5, 5.41) is 22.8. The predicted octanol–water partition coefficient (Wildman–Crippen LogP) is 4.84. The second-order valence-electron chi connectivity index (χ2n) is 7.85. The molecule has 2 atom stereocenters. The molecule has 1 amide bonds. The predicted molar refractivity (Wildman–Crippen MR) is 140 cm³/mol. The van der Waals surface area contributed by atoms with Crippen LogP contribution in [0.1, 0.15) is 43.0 Å². The number of nitrogens with one attached hydrogen (secondary N) is 1. The van der Waals surface area contributed by atoms with E-state index in [2.05, 4.69) is 22.4 Å². The fourth-order valence-corrected chi connectivity index (χ4v) is 4.85. The molecule has 0 unspecified atom stereocenters. The summed E-state index contributed by atoms with van der Waals surface area (Å²) in [7, 11) is 2.98. The Kier molecular flexibility index (Phi) is 8.77. The standard InChI is InChI=1S/C27H27N5O3S/c1-5-22(26(33)31-16(2)17-10-7-6-8-11-17)36-27-20(15-29)23(19(14-28)25(30)32-27)18-12-9-13-21(34-3)24(18)35-4/h6-13,16,22H,5H2,1-4H3,(H2,30,32)(H,31,33)/t16-,22+/m1/s1. The molecule has 0 aliphatic rings. The first-order valence-electron chi connectivity index (χ1n) is 11.3. The maximum absolute atomic E-state index is 13.1. The number of aromatic nitrogens is 1. The van der Waals surface area contributed by atoms with Gasteiger partial charge < -0.3 is 20.5 Å². The van der Waals surface area contributed by atoms with Crippen molar-refractivity contribution in [2.45, 2.75) is 36.6 Å². The minimum absolute atomic E-state index is 0.0354. The number of rotatable bonds is 9. The molecule has 3 aromatic rings. The molecule has 0 saturated carbocycles. The topological polar surface area (TPSA) is 134 Å². The van der Waals surface area contributed by atoms with Crippen molar-refractivity contribution in [1.29, 1.82) is 10.5 Å². The largest absolute Gasteiger partial charge is 0.493 e. The van der Waals surface area contributed by atoms with Gasteiger partial charge in [-0.05, 0) is 25.0 Å². The van der Waals surface area contributed by atoms with Crippen LogP contribution in [0.3, 0.4) is 0 Å². The molecule has 0 spiro atoms. The highest BCUT2D eigenvalue weighted by Gasteiger charge is 2.28. The average molecular weight is 502 g/mol. The molecule has 0 aliphatic heterocycles. The van der Waals surface area contributed by atoms with Crippen LogP contribution in [-0.4, -0.2) is 30.4 Å². The van der Waals surface area contributed by atoms with E-state index in [0.717, 1.165) is 17.3 Å². The second-order valence-corrected chi connectivity index (χ2v) is 9.04. The molecule has 0 bridgehead atoms. The maximum atomic E-state index is 13.1. The molecule has 2 aromatic carbocycles. The molecule has 0 saturated heterocycles. The number of nitriles is 2. The van der Waals surface area contributed by atoms with Gasteiger partial charge >= 0.3 is 0 Å². The molecular weight excluding hydrogens is 474 g/mol. The quantitative estimate of drug-likeness (QED) is 0.398. The van der Waals surface area contributed by atoms with Crippen LogP contribution >= 0.6 is 11.8 Å². The van der Waals surface area contributed by atoms with Crippen molar-refractivity contribution in [3.05, 3.63) is 65.2 Å². The lowest BCUT2D eigenvalue weighted by molar-refractivity contribution is -0.121. The molecule has 0 aliphatic carbocycles. The molecule has 0 radical (unpaired) electrons. The van der Waals surface area contributed by atoms with Crippen LogP contribution < -0.4 is 20.5 Å². The molecular formula is C27H27N5O3S. The summed E-state index contributed by atoms with van der Waals surface area (Å²) in [6.07, 6.45) is 0.488. The van der Waals surface area contributed by atoms with Crippen LogP contribution in [-0.2, 0) is 4.79 Å². The van der Waals surface area contributed by atoms with Crippen molar-refractivity contribution in [3.63, 3.8) is 0 Å². The van der Waals surface area contributed by atoms with Gasteiger partial charge in [0.05, 0.1) is 31.1 Å². The summed E-state index contributed by atoms with van der Waals surface area (Å²) in [4.78, 5) is 17.5. The number of anilines is 1. The number of methoxy groups -OCH3 is 2. The van der Waals surface area contributed by atoms with E-state index in [1.165, 1.54) is 14.2 Å². The van der Waals surface area contributed by atoms with Gasteiger partial charge in [0.2, 0.25) is 5.91 Å². The van der Waals surface area contributed by atoms with Gasteiger partial charge in [-0.25, -0.2) is 4.98 Å². The smallest absolute Gasteiger partial charge is 0.234 e. The monoisotopic (exact) mass is 501 g/mol. The highest BCUT2D eigenvalue weighted by Crippen LogP contribution is 2.44. The lowest BCUT2D eigenvalue weighted by atomic mass is 9.95. The number of amides is 1. The summed E-state index contributed by atoms with van der Waals surface area (Å²) in [5.41, 5.74) is 8.11. The molecule has 9 heteroatoms. The van der Waals surface area contributed by atoms with Crippen LogP contribution in [0.5, 0.6) is 11.5 Å². The van der Waals surface area contributed by atoms with Gasteiger partial charge in [-0.1, -0.05) is 61.2 Å². The highest BCUT2D eigenvalue weighted by atomic mass is 32.2. The van der Waals surface area contributed by atoms with Crippen molar-refractivity contribution < 1.29 is 14.3 Å². The normalized spacial score (nSPS) is 12.1. The number of para-hydroxylation sites is 1. The van der Waals surface area contributed by atoms with E-state index in [-0.39, 0.29) is 33.9 Å². The number of nitrogens with two attached hydrogens (primary N) is 1. The summed E-state index contributed by atoms with van der Waals surface area (Å²) < 4.78 is 10.9. The maximum Gasteiger partial charge on any atom is 0.234 e. The van der Waals surface area contributed by atoms with E-state index in [1.54, 1.807) is 18.2 Å². The lowest BCUT2D eigenvalue weighted by Crippen LogP contribution is -2.34. The van der Waals surface area contributed by atoms with Gasteiger partial charge in [0.25, 0.3) is 0 Å². The Morgan fingerprint density at radius 3 is 2.36 bits per heavy atom. The number of benzene rings is 2. The third-order valence-corrected chi connectivity index (χ3v) is 7.01. The number of hydrogen-bond acceptors (Lipinski definition) is 8. The first kappa shape index (κ1) is 26.4. The second kappa shape index (κ2) is 12.0. The Balaban J connectivity index is 2.06. The van der Waals surface area contributed by atoms with E-state index in [4.69, 9.17) is 15.2 Å². The van der Waals surface area contributed by atoms with Crippen molar-refractivity contribution in [2.24, 2.45) is 0 Å². The van der Waals surface area contributed by atoms with Gasteiger partial charge in [0.15, 0.2) is 11.5 Å². The zero-order chi connectivity index (χ0) is 26.2. The minimum Gasteiger partial charge on any atom is -0.493 e. The Morgan fingerprint density at radius 1 is 1.08 bits per heavy atom. The third-order valence-electron chi connectivity index (χ3n) is 5.66. The molecule has 184 valence electrons. The Hall–Kier alpha value is -4.21. The Labute approximate surface area is 215 Å². The number of thioether (sulfide) groups is 1. The summed E-state index contributed by atoms with van der Waals surface area (Å²) in [6, 6.07) is 18.9. The van der Waals surface area contributed by atoms with Crippen molar-refractivity contribution >= 4 is 23.5 Å². The summed E-state index contributed by atoms with van der Waals surface area (Å²) >= 11 is 1.14. The molecule has 1 heterocycles. The molecule has 36 heavy (non-hydrogen) atoms. The van der Waals surface area contributed by atoms with Gasteiger partial charge in [-0.15, -0.1) is 0 Å². The fourth-order valence-electron chi connectivity index (χ4n) is 3.83. The number of nitrogen functional groups attached to an aromatic ring is 1. The SMILES string of the molecule is CC[C@H](Sc1nc(N)c(C#N)c(-c2cccc(OC)c2OC)c1C#N)C(=O)N[C@H](C)c1ccccc1. The van der Waals surface area contributed by atoms with Gasteiger partial charge in [0, 0.05) is 11.1 Å². The van der Waals surface area contributed by atoms with E-state index >= 15 is 0 Å². The number of carbonyl (C=O) groups excluding carboxylic acids is 1. The van der Waals surface area contributed by atoms with E-state index < -0.39 is 5.25 Å². The summed E-state index contributed by atoms with van der Waals surface area (Å²) in [6.45, 7) is 3.80. The van der Waals surface area contributed by atoms with Crippen LogP contribution in [0.4, 0.5) is 5.82 Å². The van der Waals surface area contributed by atoms with Crippen LogP contribution in [0.15, 0.2) is 53.6 Å². The van der Waals surface area contributed by atoms with Crippen molar-refractivity contribution in [2.75, 3.05) is 20.0 Å². The van der Waals surface area contributed by atoms with Crippen molar-refractivity contribution in [3.8, 4) is 34.8 Å². The molecule has 3 rings (SSSR count). The van der Waals surface area contributed by atoms with Crippen molar-refractivity contribution in [1.82, 2.24) is 10.3 Å². The fraction of sp³-hybridized carbons (Fsp3) is 0.259. The molecule has 3 N–H and O–H groups in total. The zero-order valence-corrected chi connectivity index (χ0v) is 21.3. The Morgan fingerprint density at radius 2 is 1.78 bits per heavy atom. The van der Waals surface area contributed by atoms with Crippen LogP contribution in [0, 0.1) is 22.7 Å². The number of carbonyl (C=O) groups is 1. The molecule has 1 aromatic heterocycles. The van der Waals surface area contributed by atoms with E-state index in [0.29, 0.717) is 29.0 Å². The third kappa shape index (κ3) is 5.37. The highest BCUT2D eigenvalue weighted by molar-refractivity contribution is 8.00. The first-order chi connectivity index (χ1) is 17.4. The molecule has 8 nitrogen and oxygen atoms in total. The zero-order valence-electron chi connectivity index (χ0n) is 20.5. The average Bonchev–Trinajstić information content (AvgIpc) is 2.90. The molecule has 0 fully saturated rings. The van der Waals surface area contributed by atoms with E-state index in [1.807, 2.05) is 44.2 Å².